The molecule has 5 nitrogen and oxygen atoms in total. The van der Waals surface area contributed by atoms with Crippen LogP contribution in [0.2, 0.25) is 0 Å². The second-order valence-corrected chi connectivity index (χ2v) is 7.62. The Morgan fingerprint density at radius 1 is 1.22 bits per heavy atom. The van der Waals surface area contributed by atoms with Crippen molar-refractivity contribution in [1.29, 1.82) is 0 Å². The summed E-state index contributed by atoms with van der Waals surface area (Å²) in [7, 11) is 1.85. The van der Waals surface area contributed by atoms with E-state index in [1.807, 2.05) is 7.05 Å². The van der Waals surface area contributed by atoms with Crippen molar-refractivity contribution < 1.29 is 4.74 Å². The van der Waals surface area contributed by atoms with Gasteiger partial charge in [-0.1, -0.05) is 31.0 Å². The van der Waals surface area contributed by atoms with Crippen LogP contribution < -0.4 is 10.6 Å². The van der Waals surface area contributed by atoms with Gasteiger partial charge in [0, 0.05) is 50.5 Å². The topological polar surface area (TPSA) is 61.4 Å². The van der Waals surface area contributed by atoms with E-state index < -0.39 is 0 Å². The van der Waals surface area contributed by atoms with Crippen LogP contribution in [0.4, 0.5) is 0 Å². The molecule has 27 heavy (non-hydrogen) atoms. The standard InChI is InChI=1S/C22H34N4O/c1-3-27-15-13-22(11-6-7-12-22)17-26-21(23-2)24-14-10-18-16-25-20-9-5-4-8-19(18)20/h4-5,8-9,16,25H,3,6-7,10-15,17H2,1-2H3,(H2,23,24,26). The molecule has 0 amide bonds. The molecule has 5 heteroatoms. The first-order valence-electron chi connectivity index (χ1n) is 10.3. The molecule has 1 heterocycles. The number of fused-ring (bicyclic) bond motifs is 1. The van der Waals surface area contributed by atoms with Gasteiger partial charge in [-0.05, 0) is 49.7 Å². The molecule has 1 fully saturated rings. The van der Waals surface area contributed by atoms with Gasteiger partial charge in [-0.2, -0.15) is 0 Å². The van der Waals surface area contributed by atoms with Crippen LogP contribution in [0.15, 0.2) is 35.5 Å². The Hall–Kier alpha value is -2.01. The van der Waals surface area contributed by atoms with Crippen molar-refractivity contribution in [1.82, 2.24) is 15.6 Å². The average Bonchev–Trinajstić information content (AvgIpc) is 3.33. The van der Waals surface area contributed by atoms with Crippen molar-refractivity contribution in [3.05, 3.63) is 36.0 Å². The second-order valence-electron chi connectivity index (χ2n) is 7.62. The zero-order valence-corrected chi connectivity index (χ0v) is 16.8. The first kappa shape index (κ1) is 19.7. The molecule has 0 bridgehead atoms. The van der Waals surface area contributed by atoms with E-state index in [1.165, 1.54) is 42.1 Å². The third-order valence-electron chi connectivity index (χ3n) is 5.86. The van der Waals surface area contributed by atoms with E-state index in [4.69, 9.17) is 4.74 Å². The third-order valence-corrected chi connectivity index (χ3v) is 5.86. The second kappa shape index (κ2) is 9.79. The first-order valence-corrected chi connectivity index (χ1v) is 10.3. The third kappa shape index (κ3) is 5.25. The van der Waals surface area contributed by atoms with Crippen LogP contribution in [0.3, 0.4) is 0 Å². The van der Waals surface area contributed by atoms with Crippen LogP contribution in [-0.2, 0) is 11.2 Å². The molecule has 1 aromatic heterocycles. The normalized spacial score (nSPS) is 16.7. The molecule has 0 atom stereocenters. The Morgan fingerprint density at radius 2 is 2.04 bits per heavy atom. The molecular weight excluding hydrogens is 336 g/mol. The fourth-order valence-corrected chi connectivity index (χ4v) is 4.22. The number of benzene rings is 1. The van der Waals surface area contributed by atoms with Crippen molar-refractivity contribution in [2.24, 2.45) is 10.4 Å². The summed E-state index contributed by atoms with van der Waals surface area (Å²) >= 11 is 0. The summed E-state index contributed by atoms with van der Waals surface area (Å²) in [5.74, 6) is 0.900. The molecule has 1 aliphatic carbocycles. The lowest BCUT2D eigenvalue weighted by Gasteiger charge is -2.30. The number of ether oxygens (including phenoxy) is 1. The molecule has 0 radical (unpaired) electrons. The number of hydrogen-bond donors (Lipinski definition) is 3. The lowest BCUT2D eigenvalue weighted by molar-refractivity contribution is 0.105. The maximum atomic E-state index is 5.62. The molecule has 2 aromatic rings. The molecule has 148 valence electrons. The monoisotopic (exact) mass is 370 g/mol. The highest BCUT2D eigenvalue weighted by molar-refractivity contribution is 5.83. The number of H-pyrrole nitrogens is 1. The van der Waals surface area contributed by atoms with Crippen LogP contribution in [0, 0.1) is 5.41 Å². The number of nitrogens with zero attached hydrogens (tertiary/aromatic N) is 1. The van der Waals surface area contributed by atoms with Crippen molar-refractivity contribution in [3.8, 4) is 0 Å². The van der Waals surface area contributed by atoms with E-state index in [-0.39, 0.29) is 0 Å². The number of para-hydroxylation sites is 1. The summed E-state index contributed by atoms with van der Waals surface area (Å²) in [4.78, 5) is 7.76. The Kier molecular flexibility index (Phi) is 7.16. The number of rotatable bonds is 9. The van der Waals surface area contributed by atoms with Crippen LogP contribution in [0.5, 0.6) is 0 Å². The van der Waals surface area contributed by atoms with Crippen LogP contribution in [0.25, 0.3) is 10.9 Å². The Labute approximate surface area is 163 Å². The molecule has 3 N–H and O–H groups in total. The van der Waals surface area contributed by atoms with E-state index in [0.717, 1.165) is 45.1 Å². The number of aromatic nitrogens is 1. The van der Waals surface area contributed by atoms with Gasteiger partial charge in [0.15, 0.2) is 5.96 Å². The minimum Gasteiger partial charge on any atom is -0.382 e. The molecule has 0 spiro atoms. The van der Waals surface area contributed by atoms with Gasteiger partial charge in [-0.25, -0.2) is 0 Å². The number of aliphatic imine (C=N–C) groups is 1. The zero-order valence-electron chi connectivity index (χ0n) is 16.8. The van der Waals surface area contributed by atoms with Crippen molar-refractivity contribution in [2.45, 2.75) is 45.4 Å². The van der Waals surface area contributed by atoms with E-state index in [1.54, 1.807) is 0 Å². The number of guanidine groups is 1. The summed E-state index contributed by atoms with van der Waals surface area (Å²) < 4.78 is 5.62. The average molecular weight is 371 g/mol. The smallest absolute Gasteiger partial charge is 0.191 e. The van der Waals surface area contributed by atoms with Crippen molar-refractivity contribution >= 4 is 16.9 Å². The summed E-state index contributed by atoms with van der Waals surface area (Å²) in [6.07, 6.45) is 9.48. The van der Waals surface area contributed by atoms with Gasteiger partial charge in [-0.15, -0.1) is 0 Å². The van der Waals surface area contributed by atoms with Crippen molar-refractivity contribution in [3.63, 3.8) is 0 Å². The molecular formula is C22H34N4O. The van der Waals surface area contributed by atoms with Gasteiger partial charge in [0.05, 0.1) is 0 Å². The minimum atomic E-state index is 0.365. The van der Waals surface area contributed by atoms with Gasteiger partial charge in [-0.3, -0.25) is 4.99 Å². The molecule has 0 unspecified atom stereocenters. The SMILES string of the molecule is CCOCCC1(CNC(=NC)NCCc2c[nH]c3ccccc23)CCCC1. The fraction of sp³-hybridized carbons (Fsp3) is 0.591. The predicted octanol–water partition coefficient (Wildman–Crippen LogP) is 3.86. The Morgan fingerprint density at radius 3 is 2.81 bits per heavy atom. The lowest BCUT2D eigenvalue weighted by atomic mass is 9.83. The zero-order chi connectivity index (χ0) is 19.0. The largest absolute Gasteiger partial charge is 0.382 e. The molecule has 1 saturated carbocycles. The summed E-state index contributed by atoms with van der Waals surface area (Å²) in [6, 6.07) is 8.46. The number of hydrogen-bond acceptors (Lipinski definition) is 2. The highest BCUT2D eigenvalue weighted by Gasteiger charge is 2.33. The van der Waals surface area contributed by atoms with Gasteiger partial charge in [0.25, 0.3) is 0 Å². The van der Waals surface area contributed by atoms with Gasteiger partial charge in [0.2, 0.25) is 0 Å². The minimum absolute atomic E-state index is 0.365. The molecule has 1 aliphatic rings. The van der Waals surface area contributed by atoms with Crippen LogP contribution in [0.1, 0.15) is 44.6 Å². The predicted molar refractivity (Wildman–Crippen MR) is 113 cm³/mol. The maximum Gasteiger partial charge on any atom is 0.191 e. The lowest BCUT2D eigenvalue weighted by Crippen LogP contribution is -2.44. The van der Waals surface area contributed by atoms with Crippen LogP contribution >= 0.6 is 0 Å². The summed E-state index contributed by atoms with van der Waals surface area (Å²) in [6.45, 7) is 5.59. The fourth-order valence-electron chi connectivity index (χ4n) is 4.22. The molecule has 0 saturated heterocycles. The van der Waals surface area contributed by atoms with E-state index in [9.17, 15) is 0 Å². The number of aromatic amines is 1. The van der Waals surface area contributed by atoms with Crippen molar-refractivity contribution in [2.75, 3.05) is 33.4 Å². The molecule has 0 aliphatic heterocycles. The molecule has 1 aromatic carbocycles. The van der Waals surface area contributed by atoms with E-state index >= 15 is 0 Å². The summed E-state index contributed by atoms with van der Waals surface area (Å²) in [5.41, 5.74) is 2.91. The van der Waals surface area contributed by atoms with E-state index in [0.29, 0.717) is 5.41 Å². The molecule has 3 rings (SSSR count). The Balaban J connectivity index is 1.47. The van der Waals surface area contributed by atoms with Gasteiger partial charge >= 0.3 is 0 Å². The quantitative estimate of drug-likeness (QED) is 0.357. The highest BCUT2D eigenvalue weighted by atomic mass is 16.5. The van der Waals surface area contributed by atoms with Gasteiger partial charge < -0.3 is 20.4 Å². The van der Waals surface area contributed by atoms with Gasteiger partial charge in [0.1, 0.15) is 0 Å². The summed E-state index contributed by atoms with van der Waals surface area (Å²) in [5, 5.41) is 8.35. The highest BCUT2D eigenvalue weighted by Crippen LogP contribution is 2.40. The van der Waals surface area contributed by atoms with E-state index in [2.05, 4.69) is 58.0 Å². The Bertz CT molecular complexity index is 731. The number of nitrogens with one attached hydrogen (secondary N) is 3. The first-order chi connectivity index (χ1) is 13.3. The maximum absolute atomic E-state index is 5.62. The van der Waals surface area contributed by atoms with Crippen LogP contribution in [-0.4, -0.2) is 44.3 Å².